The number of carbonyl (C=O) groups is 1. The minimum atomic E-state index is -4.47. The van der Waals surface area contributed by atoms with Crippen molar-refractivity contribution in [2.75, 3.05) is 5.32 Å². The maximum Gasteiger partial charge on any atom is 0.416 e. The first-order valence-corrected chi connectivity index (χ1v) is 10.6. The van der Waals surface area contributed by atoms with Crippen molar-refractivity contribution in [2.24, 2.45) is 5.92 Å². The zero-order chi connectivity index (χ0) is 21.4. The molecule has 1 aliphatic rings. The molecule has 2 N–H and O–H groups in total. The second-order valence-electron chi connectivity index (χ2n) is 7.32. The Kier molecular flexibility index (Phi) is 5.73. The highest BCUT2D eigenvalue weighted by molar-refractivity contribution is 7.89. The van der Waals surface area contributed by atoms with Gasteiger partial charge in [-0.25, -0.2) is 13.1 Å². The summed E-state index contributed by atoms with van der Waals surface area (Å²) in [4.78, 5) is 12.5. The van der Waals surface area contributed by atoms with Gasteiger partial charge in [-0.15, -0.1) is 0 Å². The lowest BCUT2D eigenvalue weighted by molar-refractivity contribution is -0.138. The average Bonchev–Trinajstić information content (AvgIpc) is 3.41. The van der Waals surface area contributed by atoms with Crippen LogP contribution in [0.15, 0.2) is 53.4 Å². The van der Waals surface area contributed by atoms with Gasteiger partial charge in [-0.2, -0.15) is 13.2 Å². The van der Waals surface area contributed by atoms with Crippen LogP contribution in [-0.2, 0) is 21.0 Å². The van der Waals surface area contributed by atoms with Crippen molar-refractivity contribution in [2.45, 2.75) is 43.3 Å². The summed E-state index contributed by atoms with van der Waals surface area (Å²) in [7, 11) is -3.64. The van der Waals surface area contributed by atoms with Crippen molar-refractivity contribution in [1.82, 2.24) is 4.72 Å². The highest BCUT2D eigenvalue weighted by Gasteiger charge is 2.47. The summed E-state index contributed by atoms with van der Waals surface area (Å²) in [6.07, 6.45) is -4.13. The van der Waals surface area contributed by atoms with E-state index >= 15 is 0 Å². The summed E-state index contributed by atoms with van der Waals surface area (Å²) < 4.78 is 66.2. The molecule has 0 aliphatic heterocycles. The number of carbonyl (C=O) groups excluding carboxylic acids is 1. The monoisotopic (exact) mass is 426 g/mol. The van der Waals surface area contributed by atoms with Crippen LogP contribution in [0.5, 0.6) is 0 Å². The molecule has 29 heavy (non-hydrogen) atoms. The van der Waals surface area contributed by atoms with E-state index in [1.54, 1.807) is 13.8 Å². The summed E-state index contributed by atoms with van der Waals surface area (Å²) in [6.45, 7) is 3.41. The van der Waals surface area contributed by atoms with Crippen molar-refractivity contribution in [1.29, 1.82) is 0 Å². The predicted molar refractivity (Wildman–Crippen MR) is 103 cm³/mol. The third-order valence-corrected chi connectivity index (χ3v) is 6.29. The van der Waals surface area contributed by atoms with Crippen molar-refractivity contribution >= 4 is 21.6 Å². The molecule has 2 atom stereocenters. The number of amides is 1. The van der Waals surface area contributed by atoms with Gasteiger partial charge >= 0.3 is 6.18 Å². The fraction of sp³-hybridized carbons (Fsp3) is 0.350. The topological polar surface area (TPSA) is 75.3 Å². The molecule has 0 saturated heterocycles. The van der Waals surface area contributed by atoms with Gasteiger partial charge in [0.15, 0.2) is 0 Å². The number of benzene rings is 2. The first-order chi connectivity index (χ1) is 13.5. The smallest absolute Gasteiger partial charge is 0.326 e. The third-order valence-electron chi connectivity index (χ3n) is 4.62. The first kappa shape index (κ1) is 21.3. The Morgan fingerprint density at radius 2 is 1.69 bits per heavy atom. The fourth-order valence-corrected chi connectivity index (χ4v) is 4.49. The third kappa shape index (κ3) is 4.97. The highest BCUT2D eigenvalue weighted by atomic mass is 32.2. The second-order valence-corrected chi connectivity index (χ2v) is 9.04. The molecule has 2 aromatic rings. The number of hydrogen-bond donors (Lipinski definition) is 2. The van der Waals surface area contributed by atoms with E-state index in [4.69, 9.17) is 0 Å². The van der Waals surface area contributed by atoms with E-state index < -0.39 is 33.6 Å². The molecule has 2 unspecified atom stereocenters. The number of halogens is 3. The summed E-state index contributed by atoms with van der Waals surface area (Å²) in [5.41, 5.74) is -0.206. The van der Waals surface area contributed by atoms with Gasteiger partial charge in [-0.1, -0.05) is 18.2 Å². The van der Waals surface area contributed by atoms with Gasteiger partial charge in [0.05, 0.1) is 10.5 Å². The predicted octanol–water partition coefficient (Wildman–Crippen LogP) is 4.13. The number of sulfonamides is 1. The first-order valence-electron chi connectivity index (χ1n) is 9.08. The Morgan fingerprint density at radius 1 is 1.07 bits per heavy atom. The van der Waals surface area contributed by atoms with Crippen molar-refractivity contribution < 1.29 is 26.4 Å². The average molecular weight is 426 g/mol. The van der Waals surface area contributed by atoms with Gasteiger partial charge in [-0.3, -0.25) is 4.79 Å². The molecule has 0 bridgehead atoms. The van der Waals surface area contributed by atoms with Crippen LogP contribution in [0.4, 0.5) is 18.9 Å². The summed E-state index contributed by atoms with van der Waals surface area (Å²) >= 11 is 0. The number of nitrogens with one attached hydrogen (secondary N) is 2. The second kappa shape index (κ2) is 7.79. The Labute approximate surface area is 167 Å². The van der Waals surface area contributed by atoms with E-state index in [0.29, 0.717) is 12.1 Å². The maximum absolute atomic E-state index is 13.2. The Hall–Kier alpha value is -2.39. The van der Waals surface area contributed by atoms with Crippen LogP contribution >= 0.6 is 0 Å². The van der Waals surface area contributed by atoms with Crippen LogP contribution in [0, 0.1) is 5.92 Å². The van der Waals surface area contributed by atoms with Gasteiger partial charge in [-0.05, 0) is 62.1 Å². The van der Waals surface area contributed by atoms with E-state index in [1.165, 1.54) is 42.5 Å². The van der Waals surface area contributed by atoms with Crippen molar-refractivity contribution in [3.8, 4) is 0 Å². The van der Waals surface area contributed by atoms with Crippen LogP contribution in [-0.4, -0.2) is 20.4 Å². The van der Waals surface area contributed by atoms with Crippen LogP contribution in [0.1, 0.15) is 37.3 Å². The van der Waals surface area contributed by atoms with Gasteiger partial charge in [0, 0.05) is 17.6 Å². The van der Waals surface area contributed by atoms with Crippen LogP contribution < -0.4 is 10.0 Å². The number of rotatable bonds is 6. The minimum Gasteiger partial charge on any atom is -0.326 e. The number of anilines is 1. The minimum absolute atomic E-state index is 0.0626. The molecule has 0 spiro atoms. The molecule has 5 nitrogen and oxygen atoms in total. The molecule has 3 rings (SSSR count). The van der Waals surface area contributed by atoms with Gasteiger partial charge < -0.3 is 5.32 Å². The maximum atomic E-state index is 13.2. The molecule has 1 amide bonds. The van der Waals surface area contributed by atoms with Crippen LogP contribution in [0.2, 0.25) is 0 Å². The Morgan fingerprint density at radius 3 is 2.28 bits per heavy atom. The van der Waals surface area contributed by atoms with Crippen molar-refractivity contribution in [3.63, 3.8) is 0 Å². The highest BCUT2D eigenvalue weighted by Crippen LogP contribution is 2.51. The lowest BCUT2D eigenvalue weighted by Crippen LogP contribution is -2.30. The van der Waals surface area contributed by atoms with E-state index in [9.17, 15) is 26.4 Å². The zero-order valence-electron chi connectivity index (χ0n) is 15.8. The molecule has 0 aromatic heterocycles. The molecule has 0 radical (unpaired) electrons. The van der Waals surface area contributed by atoms with Crippen molar-refractivity contribution in [3.05, 3.63) is 59.7 Å². The van der Waals surface area contributed by atoms with Gasteiger partial charge in [0.25, 0.3) is 0 Å². The summed E-state index contributed by atoms with van der Waals surface area (Å²) in [5, 5.41) is 2.65. The summed E-state index contributed by atoms with van der Waals surface area (Å²) in [5.74, 6) is -1.42. The fourth-order valence-electron chi connectivity index (χ4n) is 3.24. The molecule has 2 aromatic carbocycles. The summed E-state index contributed by atoms with van der Waals surface area (Å²) in [6, 6.07) is 10.7. The standard InChI is InChI=1S/C20H21F3N2O3S/c1-12(2)25-29(27,28)14-9-7-13(8-10-14)24-19(26)17-11-16(17)15-5-3-4-6-18(15)20(21,22)23/h3-10,12,16-17,25H,11H2,1-2H3,(H,24,26). The molecule has 1 aliphatic carbocycles. The molecule has 156 valence electrons. The van der Waals surface area contributed by atoms with Crippen LogP contribution in [0.25, 0.3) is 0 Å². The molecular formula is C20H21F3N2O3S. The zero-order valence-corrected chi connectivity index (χ0v) is 16.6. The normalized spacial score (nSPS) is 19.2. The SMILES string of the molecule is CC(C)NS(=O)(=O)c1ccc(NC(=O)C2CC2c2ccccc2C(F)(F)F)cc1. The lowest BCUT2D eigenvalue weighted by atomic mass is 10.0. The number of alkyl halides is 3. The van der Waals surface area contributed by atoms with Crippen LogP contribution in [0.3, 0.4) is 0 Å². The van der Waals surface area contributed by atoms with E-state index in [0.717, 1.165) is 6.07 Å². The Balaban J connectivity index is 1.67. The van der Waals surface area contributed by atoms with E-state index in [2.05, 4.69) is 10.0 Å². The van der Waals surface area contributed by atoms with Gasteiger partial charge in [0.1, 0.15) is 0 Å². The molecular weight excluding hydrogens is 405 g/mol. The molecule has 1 fully saturated rings. The molecule has 0 heterocycles. The van der Waals surface area contributed by atoms with Gasteiger partial charge in [0.2, 0.25) is 15.9 Å². The molecule has 9 heteroatoms. The largest absolute Gasteiger partial charge is 0.416 e. The quantitative estimate of drug-likeness (QED) is 0.729. The van der Waals surface area contributed by atoms with E-state index in [-0.39, 0.29) is 22.4 Å². The van der Waals surface area contributed by atoms with E-state index in [1.807, 2.05) is 0 Å². The lowest BCUT2D eigenvalue weighted by Gasteiger charge is -2.13. The number of hydrogen-bond acceptors (Lipinski definition) is 3. The molecule has 1 saturated carbocycles. The Bertz CT molecular complexity index is 1000.